The molecular weight excluding hydrogens is 1490 g/mol. The lowest BCUT2D eigenvalue weighted by Gasteiger charge is -2.23. The minimum Gasteiger partial charge on any atom is -0.0622 e. The third-order valence-corrected chi connectivity index (χ3v) is 25.1. The van der Waals surface area contributed by atoms with Gasteiger partial charge in [0.2, 0.25) is 0 Å². The Morgan fingerprint density at radius 3 is 0.637 bits per heavy atom. The van der Waals surface area contributed by atoms with Crippen LogP contribution < -0.4 is 0 Å². The van der Waals surface area contributed by atoms with E-state index in [-0.39, 0.29) is 10.8 Å². The maximum Gasteiger partial charge on any atom is -0.00259 e. The first-order valence-corrected chi connectivity index (χ1v) is 43.4. The van der Waals surface area contributed by atoms with Crippen molar-refractivity contribution in [1.29, 1.82) is 0 Å². The molecule has 22 aromatic carbocycles. The topological polar surface area (TPSA) is 0 Å². The molecule has 0 aliphatic heterocycles. The van der Waals surface area contributed by atoms with E-state index in [2.05, 4.69) is 503 Å². The van der Waals surface area contributed by atoms with Gasteiger partial charge >= 0.3 is 0 Å². The quantitative estimate of drug-likeness (QED) is 0.113. The molecule has 0 radical (unpaired) electrons. The number of fused-ring (bicyclic) bond motifs is 8. The molecule has 0 saturated heterocycles. The molecule has 22 rings (SSSR count). The van der Waals surface area contributed by atoms with Crippen LogP contribution in [0.25, 0.3) is 209 Å². The average molecular weight is 1580 g/mol. The molecule has 0 unspecified atom stereocenters. The highest BCUT2D eigenvalue weighted by atomic mass is 14.3. The maximum atomic E-state index is 2.44. The summed E-state index contributed by atoms with van der Waals surface area (Å²) in [6, 6.07) is 169. The predicted octanol–water partition coefficient (Wildman–Crippen LogP) is 35.2. The van der Waals surface area contributed by atoms with Gasteiger partial charge in [0.25, 0.3) is 0 Å². The maximum absolute atomic E-state index is 2.44. The second-order valence-electron chi connectivity index (χ2n) is 34.9. The SMILES string of the molecule is CC(C)(C)c1ccc2c(-c3ccc(-c4ccccc4)cc3)c3ccccc3c(-c3ccc4ccccc4c3)c2c1.CC(C)(C)c1ccc2c(-c3ccc(-c4ccccc4)cc3)c3ccccc3c(-c3cccc(-c4ccccc4)c3)c2c1.c1ccc(-c2ccc(-c3c4ccccc4c(-c4ccc5ccccc5c4)c4cc(-c5ccccc5)ccc34)cc2)cc1. The van der Waals surface area contributed by atoms with Gasteiger partial charge < -0.3 is 0 Å². The van der Waals surface area contributed by atoms with Gasteiger partial charge in [-0.2, -0.15) is 0 Å². The zero-order valence-corrected chi connectivity index (χ0v) is 70.9. The van der Waals surface area contributed by atoms with E-state index in [1.54, 1.807) is 0 Å². The van der Waals surface area contributed by atoms with Crippen LogP contribution in [-0.4, -0.2) is 0 Å². The van der Waals surface area contributed by atoms with E-state index in [1.165, 1.54) is 220 Å². The molecule has 0 nitrogen and oxygen atoms in total. The molecule has 0 aliphatic rings. The van der Waals surface area contributed by atoms with Crippen LogP contribution in [0.5, 0.6) is 0 Å². The van der Waals surface area contributed by atoms with Gasteiger partial charge in [0.05, 0.1) is 0 Å². The molecule has 0 N–H and O–H groups in total. The summed E-state index contributed by atoms with van der Waals surface area (Å²) in [7, 11) is 0. The third-order valence-electron chi connectivity index (χ3n) is 25.1. The lowest BCUT2D eigenvalue weighted by molar-refractivity contribution is 0.591. The fourth-order valence-corrected chi connectivity index (χ4v) is 18.7. The van der Waals surface area contributed by atoms with E-state index in [4.69, 9.17) is 0 Å². The Hall–Kier alpha value is -15.1. The molecule has 0 bridgehead atoms. The molecule has 0 amide bonds. The van der Waals surface area contributed by atoms with E-state index in [0.29, 0.717) is 0 Å². The zero-order chi connectivity index (χ0) is 83.8. The summed E-state index contributed by atoms with van der Waals surface area (Å²) in [5, 5.41) is 20.5. The highest BCUT2D eigenvalue weighted by Gasteiger charge is 2.25. The second kappa shape index (κ2) is 33.1. The first-order valence-electron chi connectivity index (χ1n) is 43.4. The van der Waals surface area contributed by atoms with Crippen LogP contribution in [0.2, 0.25) is 0 Å². The second-order valence-corrected chi connectivity index (χ2v) is 34.9. The van der Waals surface area contributed by atoms with Gasteiger partial charge in [-0.25, -0.2) is 0 Å². The molecular formula is C124H94. The molecule has 0 aliphatic carbocycles. The summed E-state index contributed by atoms with van der Waals surface area (Å²) >= 11 is 0. The van der Waals surface area contributed by atoms with E-state index in [1.807, 2.05) is 0 Å². The summed E-state index contributed by atoms with van der Waals surface area (Å²) < 4.78 is 0. The van der Waals surface area contributed by atoms with Crippen molar-refractivity contribution in [3.8, 4) is 122 Å². The van der Waals surface area contributed by atoms with Crippen LogP contribution in [0.4, 0.5) is 0 Å². The molecule has 0 atom stereocenters. The first kappa shape index (κ1) is 77.5. The standard InChI is InChI=1S/C42H28.C42H34.C40H32/c1-3-11-29(12-4-1)32-19-22-33(23-20-32)41-37-17-9-10-18-38(37)42(36-24-21-31-15-7-8-16-34(31)27-36)40-28-35(25-26-39(40)41)30-13-5-2-6-14-30;1-42(2,3)35-25-26-38-39(28-35)41(34-18-12-17-33(27-34)30-15-8-5-9-16-30)37-20-11-10-19-36(37)40(38)32-23-21-31(22-24-32)29-13-6-4-7-14-29;1-40(2,3)33-23-24-36-37(26-33)39(32-22-19-28-13-7-8-14-31(28)25-32)35-16-10-9-15-34(35)38(36)30-20-17-29(18-21-30)27-11-5-4-6-12-27/h1-28H;4-28H,1-3H3;4-26H,1-3H3. The van der Waals surface area contributed by atoms with Gasteiger partial charge in [-0.3, -0.25) is 0 Å². The van der Waals surface area contributed by atoms with Gasteiger partial charge in [-0.1, -0.05) is 466 Å². The monoisotopic (exact) mass is 1580 g/mol. The van der Waals surface area contributed by atoms with Crippen LogP contribution in [-0.2, 0) is 10.8 Å². The Labute approximate surface area is 728 Å². The lowest BCUT2D eigenvalue weighted by atomic mass is 9.81. The average Bonchev–Trinajstić information content (AvgIpc) is 0.736. The molecule has 22 aromatic rings. The third kappa shape index (κ3) is 15.2. The molecule has 0 heterocycles. The largest absolute Gasteiger partial charge is 0.0622 e. The predicted molar refractivity (Wildman–Crippen MR) is 537 cm³/mol. The fraction of sp³-hybridized carbons (Fsp3) is 0.0645. The number of hydrogen-bond donors (Lipinski definition) is 0. The lowest BCUT2D eigenvalue weighted by Crippen LogP contribution is -2.10. The van der Waals surface area contributed by atoms with Crippen LogP contribution in [0.15, 0.2) is 461 Å². The Kier molecular flexibility index (Phi) is 20.7. The molecule has 0 heteroatoms. The van der Waals surface area contributed by atoms with Gasteiger partial charge in [-0.15, -0.1) is 0 Å². The van der Waals surface area contributed by atoms with Gasteiger partial charge in [0, 0.05) is 0 Å². The van der Waals surface area contributed by atoms with Crippen LogP contribution in [0, 0.1) is 0 Å². The van der Waals surface area contributed by atoms with Gasteiger partial charge in [0.1, 0.15) is 0 Å². The van der Waals surface area contributed by atoms with Crippen LogP contribution in [0.3, 0.4) is 0 Å². The Balaban J connectivity index is 0.000000118. The number of rotatable bonds is 11. The summed E-state index contributed by atoms with van der Waals surface area (Å²) in [6.45, 7) is 13.8. The molecule has 0 fully saturated rings. The van der Waals surface area contributed by atoms with Gasteiger partial charge in [-0.05, 0) is 267 Å². The molecule has 0 aromatic heterocycles. The Bertz CT molecular complexity index is 7700. The summed E-state index contributed by atoms with van der Waals surface area (Å²) in [4.78, 5) is 0. The zero-order valence-electron chi connectivity index (χ0n) is 70.9. The van der Waals surface area contributed by atoms with Crippen molar-refractivity contribution in [2.24, 2.45) is 0 Å². The summed E-state index contributed by atoms with van der Waals surface area (Å²) in [5.74, 6) is 0. The van der Waals surface area contributed by atoms with Crippen molar-refractivity contribution < 1.29 is 0 Å². The smallest absolute Gasteiger partial charge is 0.00259 e. The van der Waals surface area contributed by atoms with E-state index in [9.17, 15) is 0 Å². The fourth-order valence-electron chi connectivity index (χ4n) is 18.7. The minimum absolute atomic E-state index is 0.0421. The first-order chi connectivity index (χ1) is 60.8. The van der Waals surface area contributed by atoms with Crippen LogP contribution in [0.1, 0.15) is 52.7 Å². The summed E-state index contributed by atoms with van der Waals surface area (Å²) in [5.41, 5.74) is 30.4. The van der Waals surface area contributed by atoms with Crippen molar-refractivity contribution in [3.63, 3.8) is 0 Å². The Morgan fingerprint density at radius 1 is 0.113 bits per heavy atom. The summed E-state index contributed by atoms with van der Waals surface area (Å²) in [6.07, 6.45) is 0. The number of benzene rings is 22. The number of hydrogen-bond acceptors (Lipinski definition) is 0. The van der Waals surface area contributed by atoms with E-state index in [0.717, 1.165) is 0 Å². The normalized spacial score (nSPS) is 11.6. The highest BCUT2D eigenvalue weighted by Crippen LogP contribution is 2.51. The molecule has 124 heavy (non-hydrogen) atoms. The Morgan fingerprint density at radius 2 is 0.315 bits per heavy atom. The highest BCUT2D eigenvalue weighted by molar-refractivity contribution is 6.25. The molecule has 0 saturated carbocycles. The van der Waals surface area contributed by atoms with E-state index < -0.39 is 0 Å². The van der Waals surface area contributed by atoms with Crippen molar-refractivity contribution >= 4 is 86.2 Å². The van der Waals surface area contributed by atoms with Crippen molar-refractivity contribution in [3.05, 3.63) is 472 Å². The minimum atomic E-state index is 0.0421. The van der Waals surface area contributed by atoms with Crippen molar-refractivity contribution in [2.45, 2.75) is 52.4 Å². The van der Waals surface area contributed by atoms with Crippen molar-refractivity contribution in [2.75, 3.05) is 0 Å². The van der Waals surface area contributed by atoms with Crippen molar-refractivity contribution in [1.82, 2.24) is 0 Å². The van der Waals surface area contributed by atoms with E-state index >= 15 is 0 Å². The van der Waals surface area contributed by atoms with Crippen LogP contribution >= 0.6 is 0 Å². The molecule has 0 spiro atoms. The molecule has 590 valence electrons. The van der Waals surface area contributed by atoms with Gasteiger partial charge in [0.15, 0.2) is 0 Å².